The van der Waals surface area contributed by atoms with Crippen LogP contribution in [0.15, 0.2) is 24.8 Å². The highest BCUT2D eigenvalue weighted by Gasteiger charge is 2.04. The summed E-state index contributed by atoms with van der Waals surface area (Å²) < 4.78 is 3.83. The van der Waals surface area contributed by atoms with Crippen molar-refractivity contribution in [3.8, 4) is 0 Å². The largest absolute Gasteiger partial charge is 0.346 e. The zero-order valence-electron chi connectivity index (χ0n) is 8.96. The first kappa shape index (κ1) is 9.92. The normalized spacial score (nSPS) is 13.0. The van der Waals surface area contributed by atoms with Crippen molar-refractivity contribution in [1.82, 2.24) is 19.3 Å². The maximum absolute atomic E-state index is 5.78. The summed E-state index contributed by atoms with van der Waals surface area (Å²) in [6.45, 7) is 2.70. The molecule has 2 aromatic heterocycles. The minimum Gasteiger partial charge on any atom is -0.346 e. The van der Waals surface area contributed by atoms with E-state index in [1.165, 1.54) is 0 Å². The molecule has 80 valence electrons. The van der Waals surface area contributed by atoms with Crippen LogP contribution >= 0.6 is 0 Å². The van der Waals surface area contributed by atoms with Crippen LogP contribution in [0, 0.1) is 0 Å². The first-order chi connectivity index (χ1) is 7.16. The van der Waals surface area contributed by atoms with E-state index in [0.717, 1.165) is 17.9 Å². The molecule has 0 bridgehead atoms. The Labute approximate surface area is 88.5 Å². The van der Waals surface area contributed by atoms with Gasteiger partial charge in [0.05, 0.1) is 6.54 Å². The number of hydrogen-bond acceptors (Lipinski definition) is 3. The Morgan fingerprint density at radius 3 is 2.87 bits per heavy atom. The van der Waals surface area contributed by atoms with Gasteiger partial charge >= 0.3 is 0 Å². The van der Waals surface area contributed by atoms with Crippen molar-refractivity contribution in [2.75, 3.05) is 0 Å². The second-order valence-electron chi connectivity index (χ2n) is 3.71. The molecule has 2 aromatic rings. The molecule has 2 N–H and O–H groups in total. The van der Waals surface area contributed by atoms with Crippen LogP contribution in [0.1, 0.15) is 24.4 Å². The summed E-state index contributed by atoms with van der Waals surface area (Å²) in [7, 11) is 1.89. The molecule has 0 amide bonds. The molecule has 2 rings (SSSR count). The lowest BCUT2D eigenvalue weighted by Gasteiger charge is -2.02. The van der Waals surface area contributed by atoms with E-state index in [0.29, 0.717) is 0 Å². The summed E-state index contributed by atoms with van der Waals surface area (Å²) in [5.74, 6) is 0.932. The Morgan fingerprint density at radius 2 is 2.33 bits per heavy atom. The molecule has 15 heavy (non-hydrogen) atoms. The molecule has 0 saturated carbocycles. The molecule has 5 heteroatoms. The summed E-state index contributed by atoms with van der Waals surface area (Å²) in [4.78, 5) is 4.16. The van der Waals surface area contributed by atoms with Gasteiger partial charge in [0.2, 0.25) is 0 Å². The van der Waals surface area contributed by atoms with Gasteiger partial charge in [0.1, 0.15) is 12.2 Å². The van der Waals surface area contributed by atoms with E-state index in [4.69, 9.17) is 5.73 Å². The number of rotatable bonds is 3. The van der Waals surface area contributed by atoms with E-state index in [9.17, 15) is 0 Å². The number of aromatic nitrogens is 4. The lowest BCUT2D eigenvalue weighted by atomic mass is 10.2. The highest BCUT2D eigenvalue weighted by Crippen LogP contribution is 2.10. The van der Waals surface area contributed by atoms with E-state index in [2.05, 4.69) is 14.6 Å². The summed E-state index contributed by atoms with van der Waals surface area (Å²) in [6.07, 6.45) is 5.61. The summed E-state index contributed by atoms with van der Waals surface area (Å²) >= 11 is 0. The highest BCUT2D eigenvalue weighted by molar-refractivity contribution is 5.14. The van der Waals surface area contributed by atoms with Crippen molar-refractivity contribution in [1.29, 1.82) is 0 Å². The van der Waals surface area contributed by atoms with Crippen LogP contribution in [0.25, 0.3) is 0 Å². The monoisotopic (exact) mass is 205 g/mol. The quantitative estimate of drug-likeness (QED) is 0.801. The third-order valence-corrected chi connectivity index (χ3v) is 2.43. The van der Waals surface area contributed by atoms with E-state index < -0.39 is 0 Å². The van der Waals surface area contributed by atoms with Gasteiger partial charge in [-0.05, 0) is 18.6 Å². The van der Waals surface area contributed by atoms with Crippen LogP contribution in [0.2, 0.25) is 0 Å². The topological polar surface area (TPSA) is 61.7 Å². The Hall–Kier alpha value is -1.62. The molecule has 0 fully saturated rings. The van der Waals surface area contributed by atoms with Gasteiger partial charge in [0.15, 0.2) is 0 Å². The number of nitrogens with two attached hydrogens (primary N) is 1. The van der Waals surface area contributed by atoms with Gasteiger partial charge < -0.3 is 10.3 Å². The summed E-state index contributed by atoms with van der Waals surface area (Å²) in [5.41, 5.74) is 6.92. The predicted octanol–water partition coefficient (Wildman–Crippen LogP) is 0.685. The highest BCUT2D eigenvalue weighted by atomic mass is 15.3. The molecule has 0 aliphatic rings. The fraction of sp³-hybridized carbons (Fsp3) is 0.400. The SMILES string of the molecule is CC(N)c1ccn(Cc2ncnn2C)c1. The standard InChI is InChI=1S/C10H15N5/c1-8(11)9-3-4-15(5-9)6-10-12-7-13-14(10)2/h3-5,7-8H,6,11H2,1-2H3. The average Bonchev–Trinajstić information content (AvgIpc) is 2.77. The van der Waals surface area contributed by atoms with Gasteiger partial charge in [-0.15, -0.1) is 0 Å². The minimum absolute atomic E-state index is 0.0748. The van der Waals surface area contributed by atoms with Gasteiger partial charge in [0, 0.05) is 25.5 Å². The molecule has 0 radical (unpaired) electrons. The third-order valence-electron chi connectivity index (χ3n) is 2.43. The van der Waals surface area contributed by atoms with Crippen LogP contribution in [0.4, 0.5) is 0 Å². The maximum Gasteiger partial charge on any atom is 0.146 e. The fourth-order valence-electron chi connectivity index (χ4n) is 1.45. The third kappa shape index (κ3) is 2.07. The second kappa shape index (κ2) is 3.86. The van der Waals surface area contributed by atoms with E-state index in [1.54, 1.807) is 11.0 Å². The van der Waals surface area contributed by atoms with Gasteiger partial charge in [0.25, 0.3) is 0 Å². The van der Waals surface area contributed by atoms with E-state index in [1.807, 2.05) is 32.4 Å². The van der Waals surface area contributed by atoms with Crippen molar-refractivity contribution in [2.24, 2.45) is 12.8 Å². The molecule has 1 atom stereocenters. The predicted molar refractivity (Wildman–Crippen MR) is 57.1 cm³/mol. The van der Waals surface area contributed by atoms with Crippen LogP contribution in [0.5, 0.6) is 0 Å². The molecule has 0 saturated heterocycles. The van der Waals surface area contributed by atoms with Gasteiger partial charge in [-0.2, -0.15) is 5.10 Å². The molecule has 2 heterocycles. The fourth-order valence-corrected chi connectivity index (χ4v) is 1.45. The van der Waals surface area contributed by atoms with Crippen molar-refractivity contribution >= 4 is 0 Å². The van der Waals surface area contributed by atoms with Gasteiger partial charge in [-0.3, -0.25) is 4.68 Å². The smallest absolute Gasteiger partial charge is 0.146 e. The first-order valence-electron chi connectivity index (χ1n) is 4.91. The minimum atomic E-state index is 0.0748. The molecule has 0 aliphatic heterocycles. The molecule has 0 aromatic carbocycles. The van der Waals surface area contributed by atoms with Crippen molar-refractivity contribution < 1.29 is 0 Å². The lowest BCUT2D eigenvalue weighted by molar-refractivity contribution is 0.653. The van der Waals surface area contributed by atoms with E-state index >= 15 is 0 Å². The molecular weight excluding hydrogens is 190 g/mol. The first-order valence-corrected chi connectivity index (χ1v) is 4.91. The lowest BCUT2D eigenvalue weighted by Crippen LogP contribution is -2.06. The van der Waals surface area contributed by atoms with Crippen LogP contribution in [0.3, 0.4) is 0 Å². The molecule has 0 spiro atoms. The van der Waals surface area contributed by atoms with Crippen LogP contribution in [-0.4, -0.2) is 19.3 Å². The summed E-state index contributed by atoms with van der Waals surface area (Å²) in [6, 6.07) is 2.10. The number of nitrogens with zero attached hydrogens (tertiary/aromatic N) is 4. The molecule has 5 nitrogen and oxygen atoms in total. The second-order valence-corrected chi connectivity index (χ2v) is 3.71. The Kier molecular flexibility index (Phi) is 2.55. The molecule has 0 aliphatic carbocycles. The zero-order chi connectivity index (χ0) is 10.8. The van der Waals surface area contributed by atoms with E-state index in [-0.39, 0.29) is 6.04 Å². The van der Waals surface area contributed by atoms with Crippen LogP contribution in [-0.2, 0) is 13.6 Å². The average molecular weight is 205 g/mol. The number of aryl methyl sites for hydroxylation is 1. The Balaban J connectivity index is 2.15. The summed E-state index contributed by atoms with van der Waals surface area (Å²) in [5, 5.41) is 4.02. The Morgan fingerprint density at radius 1 is 1.53 bits per heavy atom. The molecule has 1 unspecified atom stereocenters. The van der Waals surface area contributed by atoms with Crippen LogP contribution < -0.4 is 5.73 Å². The van der Waals surface area contributed by atoms with Crippen molar-refractivity contribution in [3.63, 3.8) is 0 Å². The number of hydrogen-bond donors (Lipinski definition) is 1. The van der Waals surface area contributed by atoms with Crippen molar-refractivity contribution in [3.05, 3.63) is 36.2 Å². The Bertz CT molecular complexity index is 440. The maximum atomic E-state index is 5.78. The molecular formula is C10H15N5. The van der Waals surface area contributed by atoms with Gasteiger partial charge in [-0.1, -0.05) is 0 Å². The van der Waals surface area contributed by atoms with Gasteiger partial charge in [-0.25, -0.2) is 4.98 Å². The zero-order valence-corrected chi connectivity index (χ0v) is 8.96. The van der Waals surface area contributed by atoms with Crippen molar-refractivity contribution in [2.45, 2.75) is 19.5 Å².